The molecule has 0 saturated heterocycles. The second-order valence-electron chi connectivity index (χ2n) is 4.89. The van der Waals surface area contributed by atoms with Crippen LogP contribution < -0.4 is 0 Å². The quantitative estimate of drug-likeness (QED) is 0.824. The first-order chi connectivity index (χ1) is 8.72. The maximum atomic E-state index is 10.1. The Labute approximate surface area is 105 Å². The normalized spacial score (nSPS) is 19.6. The number of hydrogen-bond donors (Lipinski definition) is 1. The van der Waals surface area contributed by atoms with Crippen LogP contribution in [0, 0.1) is 6.92 Å². The molecule has 18 heavy (non-hydrogen) atoms. The summed E-state index contributed by atoms with van der Waals surface area (Å²) in [5.41, 5.74) is 2.31. The van der Waals surface area contributed by atoms with Gasteiger partial charge in [0.25, 0.3) is 0 Å². The summed E-state index contributed by atoms with van der Waals surface area (Å²) in [6.45, 7) is 2.35. The summed E-state index contributed by atoms with van der Waals surface area (Å²) in [6.07, 6.45) is 7.91. The van der Waals surface area contributed by atoms with Crippen molar-refractivity contribution in [2.75, 3.05) is 0 Å². The van der Waals surface area contributed by atoms with Crippen molar-refractivity contribution in [1.82, 2.24) is 14.8 Å². The van der Waals surface area contributed by atoms with Crippen molar-refractivity contribution >= 4 is 0 Å². The minimum absolute atomic E-state index is 0.326. The largest absolute Gasteiger partial charge is 0.424 e. The molecule has 2 aromatic rings. The molecule has 0 aromatic carbocycles. The fourth-order valence-electron chi connectivity index (χ4n) is 2.54. The second-order valence-corrected chi connectivity index (χ2v) is 4.89. The minimum Gasteiger partial charge on any atom is -0.424 e. The molecule has 0 bridgehead atoms. The van der Waals surface area contributed by atoms with Crippen LogP contribution in [0.1, 0.15) is 48.3 Å². The average Bonchev–Trinajstić information content (AvgIpc) is 2.88. The lowest BCUT2D eigenvalue weighted by Gasteiger charge is -2.05. The van der Waals surface area contributed by atoms with E-state index in [-0.39, 0.29) is 6.10 Å². The Bertz CT molecular complexity index is 544. The summed E-state index contributed by atoms with van der Waals surface area (Å²) in [7, 11) is 0. The Morgan fingerprint density at radius 3 is 3.06 bits per heavy atom. The third kappa shape index (κ3) is 2.18. The molecule has 2 heterocycles. The van der Waals surface area contributed by atoms with Crippen LogP contribution in [0.25, 0.3) is 0 Å². The Kier molecular flexibility index (Phi) is 2.91. The zero-order valence-electron chi connectivity index (χ0n) is 10.5. The first kappa shape index (κ1) is 11.5. The molecule has 5 heteroatoms. The fraction of sp³-hybridized carbons (Fsp3) is 0.538. The zero-order valence-corrected chi connectivity index (χ0v) is 10.5. The highest BCUT2D eigenvalue weighted by Crippen LogP contribution is 2.29. The number of nitrogens with zero attached hydrogens (tertiary/aromatic N) is 3. The van der Waals surface area contributed by atoms with Crippen molar-refractivity contribution in [3.63, 3.8) is 0 Å². The Morgan fingerprint density at radius 1 is 1.39 bits per heavy atom. The lowest BCUT2D eigenvalue weighted by molar-refractivity contribution is 0.166. The van der Waals surface area contributed by atoms with Crippen LogP contribution in [-0.4, -0.2) is 19.9 Å². The van der Waals surface area contributed by atoms with Crippen LogP contribution in [0.5, 0.6) is 0 Å². The molecule has 96 valence electrons. The average molecular weight is 247 g/mol. The standard InChI is InChI=1S/C13H17N3O2/c1-9-14-15-13(18-9)8-16-6-10-4-2-3-5-12(17)11(10)7-16/h6-7,12,17H,2-5,8H2,1H3. The van der Waals surface area contributed by atoms with Crippen molar-refractivity contribution in [3.8, 4) is 0 Å². The van der Waals surface area contributed by atoms with Gasteiger partial charge in [0.2, 0.25) is 11.8 Å². The van der Waals surface area contributed by atoms with E-state index in [1.165, 1.54) is 5.56 Å². The van der Waals surface area contributed by atoms with E-state index in [2.05, 4.69) is 16.4 Å². The van der Waals surface area contributed by atoms with E-state index < -0.39 is 0 Å². The zero-order chi connectivity index (χ0) is 12.5. The number of aryl methyl sites for hydroxylation is 2. The van der Waals surface area contributed by atoms with Gasteiger partial charge < -0.3 is 14.1 Å². The predicted octanol–water partition coefficient (Wildman–Crippen LogP) is 1.99. The van der Waals surface area contributed by atoms with Crippen LogP contribution in [0.2, 0.25) is 0 Å². The smallest absolute Gasteiger partial charge is 0.236 e. The minimum atomic E-state index is -0.326. The van der Waals surface area contributed by atoms with Gasteiger partial charge in [-0.05, 0) is 24.8 Å². The summed E-state index contributed by atoms with van der Waals surface area (Å²) >= 11 is 0. The van der Waals surface area contributed by atoms with Gasteiger partial charge in [0, 0.05) is 24.9 Å². The van der Waals surface area contributed by atoms with Crippen LogP contribution in [0.15, 0.2) is 16.8 Å². The van der Waals surface area contributed by atoms with E-state index >= 15 is 0 Å². The van der Waals surface area contributed by atoms with E-state index in [1.54, 1.807) is 6.92 Å². The topological polar surface area (TPSA) is 64.1 Å². The Morgan fingerprint density at radius 2 is 2.28 bits per heavy atom. The monoisotopic (exact) mass is 247 g/mol. The highest BCUT2D eigenvalue weighted by Gasteiger charge is 2.18. The maximum absolute atomic E-state index is 10.1. The summed E-state index contributed by atoms with van der Waals surface area (Å²) < 4.78 is 7.39. The first-order valence-electron chi connectivity index (χ1n) is 6.38. The molecule has 0 spiro atoms. The number of fused-ring (bicyclic) bond motifs is 1. The summed E-state index contributed by atoms with van der Waals surface area (Å²) in [5.74, 6) is 1.19. The van der Waals surface area contributed by atoms with E-state index in [9.17, 15) is 5.11 Å². The number of rotatable bonds is 2. The van der Waals surface area contributed by atoms with Gasteiger partial charge >= 0.3 is 0 Å². The van der Waals surface area contributed by atoms with Crippen LogP contribution in [0.3, 0.4) is 0 Å². The molecule has 5 nitrogen and oxygen atoms in total. The molecule has 1 aliphatic rings. The summed E-state index contributed by atoms with van der Waals surface area (Å²) in [4.78, 5) is 0. The number of hydrogen-bond acceptors (Lipinski definition) is 4. The van der Waals surface area contributed by atoms with Crippen molar-refractivity contribution < 1.29 is 9.52 Å². The number of aromatic nitrogens is 3. The van der Waals surface area contributed by atoms with Gasteiger partial charge in [0.15, 0.2) is 0 Å². The molecule has 0 amide bonds. The first-order valence-corrected chi connectivity index (χ1v) is 6.38. The molecule has 1 atom stereocenters. The van der Waals surface area contributed by atoms with Gasteiger partial charge in [-0.3, -0.25) is 0 Å². The molecule has 0 radical (unpaired) electrons. The van der Waals surface area contributed by atoms with Gasteiger partial charge in [0.1, 0.15) is 6.54 Å². The van der Waals surface area contributed by atoms with Crippen LogP contribution >= 0.6 is 0 Å². The van der Waals surface area contributed by atoms with Gasteiger partial charge in [0.05, 0.1) is 6.10 Å². The Balaban J connectivity index is 1.84. The van der Waals surface area contributed by atoms with E-state index in [0.717, 1.165) is 31.2 Å². The van der Waals surface area contributed by atoms with Crippen molar-refractivity contribution in [3.05, 3.63) is 35.3 Å². The number of aliphatic hydroxyl groups is 1. The third-order valence-electron chi connectivity index (χ3n) is 3.42. The third-order valence-corrected chi connectivity index (χ3v) is 3.42. The lowest BCUT2D eigenvalue weighted by Crippen LogP contribution is -1.98. The van der Waals surface area contributed by atoms with Gasteiger partial charge in [-0.2, -0.15) is 0 Å². The molecule has 0 aliphatic heterocycles. The fourth-order valence-corrected chi connectivity index (χ4v) is 2.54. The van der Waals surface area contributed by atoms with E-state index in [1.807, 2.05) is 10.8 Å². The molecule has 1 aliphatic carbocycles. The number of aliphatic hydroxyl groups excluding tert-OH is 1. The second kappa shape index (κ2) is 4.57. The van der Waals surface area contributed by atoms with E-state index in [0.29, 0.717) is 18.3 Å². The van der Waals surface area contributed by atoms with Gasteiger partial charge in [-0.15, -0.1) is 10.2 Å². The summed E-state index contributed by atoms with van der Waals surface area (Å²) in [6, 6.07) is 0. The molecular weight excluding hydrogens is 230 g/mol. The van der Waals surface area contributed by atoms with Crippen molar-refractivity contribution in [2.45, 2.75) is 45.3 Å². The predicted molar refractivity (Wildman–Crippen MR) is 65.1 cm³/mol. The maximum Gasteiger partial charge on any atom is 0.236 e. The molecule has 1 unspecified atom stereocenters. The molecule has 2 aromatic heterocycles. The molecular formula is C13H17N3O2. The molecule has 0 saturated carbocycles. The van der Waals surface area contributed by atoms with Gasteiger partial charge in [-0.25, -0.2) is 0 Å². The van der Waals surface area contributed by atoms with E-state index in [4.69, 9.17) is 4.42 Å². The highest BCUT2D eigenvalue weighted by atomic mass is 16.4. The highest BCUT2D eigenvalue weighted by molar-refractivity contribution is 5.28. The van der Waals surface area contributed by atoms with Gasteiger partial charge in [-0.1, -0.05) is 6.42 Å². The lowest BCUT2D eigenvalue weighted by atomic mass is 10.1. The summed E-state index contributed by atoms with van der Waals surface area (Å²) in [5, 5.41) is 17.9. The van der Waals surface area contributed by atoms with Crippen LogP contribution in [0.4, 0.5) is 0 Å². The van der Waals surface area contributed by atoms with Crippen molar-refractivity contribution in [1.29, 1.82) is 0 Å². The Hall–Kier alpha value is -1.62. The van der Waals surface area contributed by atoms with Crippen LogP contribution in [-0.2, 0) is 13.0 Å². The molecule has 1 N–H and O–H groups in total. The molecule has 3 rings (SSSR count). The molecule has 0 fully saturated rings. The SMILES string of the molecule is Cc1nnc(Cn2cc3c(c2)C(O)CCCC3)o1. The van der Waals surface area contributed by atoms with Crippen molar-refractivity contribution in [2.24, 2.45) is 0 Å².